The Balaban J connectivity index is 1.98. The Hall–Kier alpha value is -1.82. The van der Waals surface area contributed by atoms with Gasteiger partial charge in [0.2, 0.25) is 0 Å². The van der Waals surface area contributed by atoms with Crippen molar-refractivity contribution >= 4 is 23.5 Å². The molecule has 0 atom stereocenters. The van der Waals surface area contributed by atoms with Gasteiger partial charge in [-0.3, -0.25) is 9.78 Å². The minimum Gasteiger partial charge on any atom is -0.338 e. The van der Waals surface area contributed by atoms with Crippen molar-refractivity contribution < 1.29 is 9.59 Å². The monoisotopic (exact) mass is 310 g/mol. The largest absolute Gasteiger partial charge is 0.338 e. The fourth-order valence-electron chi connectivity index (χ4n) is 2.23. The molecule has 0 unspecified atom stereocenters. The summed E-state index contributed by atoms with van der Waals surface area (Å²) in [5.41, 5.74) is 1.19. The molecule has 2 rings (SSSR count). The maximum atomic E-state index is 12.4. The van der Waals surface area contributed by atoms with Crippen LogP contribution in [0.15, 0.2) is 12.3 Å². The smallest absolute Gasteiger partial charge is 0.317 e. The topological polar surface area (TPSA) is 65.5 Å². The van der Waals surface area contributed by atoms with Gasteiger partial charge in [-0.05, 0) is 19.9 Å². The quantitative estimate of drug-likeness (QED) is 0.901. The number of piperazine rings is 1. The first-order valence-electron chi connectivity index (χ1n) is 6.97. The molecule has 3 amide bonds. The maximum Gasteiger partial charge on any atom is 0.317 e. The van der Waals surface area contributed by atoms with Crippen molar-refractivity contribution in [1.29, 1.82) is 0 Å². The van der Waals surface area contributed by atoms with Crippen LogP contribution in [0, 0.1) is 6.92 Å². The lowest BCUT2D eigenvalue weighted by atomic mass is 10.2. The summed E-state index contributed by atoms with van der Waals surface area (Å²) in [6.45, 7) is 6.35. The van der Waals surface area contributed by atoms with Crippen molar-refractivity contribution in [3.05, 3.63) is 28.5 Å². The van der Waals surface area contributed by atoms with E-state index in [-0.39, 0.29) is 11.9 Å². The third-order valence-corrected chi connectivity index (χ3v) is 3.72. The number of urea groups is 1. The minimum absolute atomic E-state index is 0.0837. The number of carbonyl (C=O) groups is 2. The number of carbonyl (C=O) groups excluding carboxylic acids is 2. The van der Waals surface area contributed by atoms with Crippen LogP contribution >= 0.6 is 11.6 Å². The zero-order chi connectivity index (χ0) is 15.4. The first-order chi connectivity index (χ1) is 10.0. The summed E-state index contributed by atoms with van der Waals surface area (Å²) in [6, 6.07) is 1.60. The molecule has 0 spiro atoms. The molecule has 0 radical (unpaired) electrons. The molecule has 1 aromatic rings. The van der Waals surface area contributed by atoms with Crippen LogP contribution in [0.5, 0.6) is 0 Å². The molecular weight excluding hydrogens is 292 g/mol. The lowest BCUT2D eigenvalue weighted by Crippen LogP contribution is -2.53. The molecule has 2 heterocycles. The highest BCUT2D eigenvalue weighted by atomic mass is 35.5. The van der Waals surface area contributed by atoms with Gasteiger partial charge in [0.1, 0.15) is 0 Å². The number of nitrogens with one attached hydrogen (secondary N) is 1. The van der Waals surface area contributed by atoms with Crippen LogP contribution in [0.4, 0.5) is 4.79 Å². The predicted molar refractivity (Wildman–Crippen MR) is 80.5 cm³/mol. The fourth-order valence-corrected chi connectivity index (χ4v) is 2.52. The van der Waals surface area contributed by atoms with E-state index in [9.17, 15) is 9.59 Å². The number of amides is 3. The molecule has 21 heavy (non-hydrogen) atoms. The van der Waals surface area contributed by atoms with Crippen LogP contribution in [-0.4, -0.2) is 59.4 Å². The number of hydrogen-bond acceptors (Lipinski definition) is 3. The summed E-state index contributed by atoms with van der Waals surface area (Å²) in [5.74, 6) is -0.136. The molecule has 0 bridgehead atoms. The average molecular weight is 311 g/mol. The Bertz CT molecular complexity index is 542. The number of aromatic nitrogens is 1. The fraction of sp³-hybridized carbons (Fsp3) is 0.500. The van der Waals surface area contributed by atoms with Crippen molar-refractivity contribution in [3.8, 4) is 0 Å². The zero-order valence-corrected chi connectivity index (χ0v) is 13.0. The van der Waals surface area contributed by atoms with Crippen LogP contribution in [0.3, 0.4) is 0 Å². The van der Waals surface area contributed by atoms with Gasteiger partial charge in [-0.15, -0.1) is 0 Å². The SMILES string of the molecule is CCNC(=O)N1CCN(C(=O)c2cnc(C)cc2Cl)CC1. The molecule has 114 valence electrons. The Morgan fingerprint density at radius 3 is 2.48 bits per heavy atom. The van der Waals surface area contributed by atoms with Crippen molar-refractivity contribution in [2.24, 2.45) is 0 Å². The summed E-state index contributed by atoms with van der Waals surface area (Å²) in [7, 11) is 0. The molecule has 0 aliphatic carbocycles. The Morgan fingerprint density at radius 1 is 1.29 bits per heavy atom. The van der Waals surface area contributed by atoms with Crippen molar-refractivity contribution in [2.45, 2.75) is 13.8 Å². The molecule has 1 aliphatic rings. The van der Waals surface area contributed by atoms with E-state index in [4.69, 9.17) is 11.6 Å². The van der Waals surface area contributed by atoms with Gasteiger partial charge in [0, 0.05) is 44.6 Å². The lowest BCUT2D eigenvalue weighted by Gasteiger charge is -2.34. The Labute approximate surface area is 129 Å². The molecule has 6 nitrogen and oxygen atoms in total. The third kappa shape index (κ3) is 3.64. The van der Waals surface area contributed by atoms with Gasteiger partial charge in [-0.2, -0.15) is 0 Å². The molecule has 1 fully saturated rings. The molecule has 1 aliphatic heterocycles. The van der Waals surface area contributed by atoms with Gasteiger partial charge < -0.3 is 15.1 Å². The highest BCUT2D eigenvalue weighted by Crippen LogP contribution is 2.18. The second kappa shape index (κ2) is 6.76. The molecular formula is C14H19ClN4O2. The molecule has 1 saturated heterocycles. The summed E-state index contributed by atoms with van der Waals surface area (Å²) < 4.78 is 0. The van der Waals surface area contributed by atoms with E-state index >= 15 is 0 Å². The first-order valence-corrected chi connectivity index (χ1v) is 7.35. The van der Waals surface area contributed by atoms with E-state index in [2.05, 4.69) is 10.3 Å². The van der Waals surface area contributed by atoms with Crippen molar-refractivity contribution in [3.63, 3.8) is 0 Å². The molecule has 1 N–H and O–H groups in total. The number of hydrogen-bond donors (Lipinski definition) is 1. The summed E-state index contributed by atoms with van der Waals surface area (Å²) >= 11 is 6.10. The maximum absolute atomic E-state index is 12.4. The second-order valence-electron chi connectivity index (χ2n) is 4.92. The Kier molecular flexibility index (Phi) is 5.01. The van der Waals surface area contributed by atoms with E-state index < -0.39 is 0 Å². The number of aryl methyl sites for hydroxylation is 1. The van der Waals surface area contributed by atoms with Crippen LogP contribution in [0.25, 0.3) is 0 Å². The van der Waals surface area contributed by atoms with Crippen LogP contribution < -0.4 is 5.32 Å². The van der Waals surface area contributed by atoms with Crippen molar-refractivity contribution in [1.82, 2.24) is 20.1 Å². The molecule has 1 aromatic heterocycles. The van der Waals surface area contributed by atoms with E-state index in [0.717, 1.165) is 5.69 Å². The van der Waals surface area contributed by atoms with Gasteiger partial charge in [0.05, 0.1) is 10.6 Å². The van der Waals surface area contributed by atoms with E-state index in [0.29, 0.717) is 43.3 Å². The van der Waals surface area contributed by atoms with Gasteiger partial charge >= 0.3 is 6.03 Å². The van der Waals surface area contributed by atoms with E-state index in [1.807, 2.05) is 13.8 Å². The normalized spacial score (nSPS) is 15.0. The zero-order valence-electron chi connectivity index (χ0n) is 12.2. The highest BCUT2D eigenvalue weighted by molar-refractivity contribution is 6.33. The van der Waals surface area contributed by atoms with Gasteiger partial charge in [-0.25, -0.2) is 4.79 Å². The van der Waals surface area contributed by atoms with Crippen LogP contribution in [-0.2, 0) is 0 Å². The standard InChI is InChI=1S/C14H19ClN4O2/c1-3-16-14(21)19-6-4-18(5-7-19)13(20)11-9-17-10(2)8-12(11)15/h8-9H,3-7H2,1-2H3,(H,16,21). The molecule has 0 saturated carbocycles. The van der Waals surface area contributed by atoms with E-state index in [1.54, 1.807) is 15.9 Å². The molecule has 0 aromatic carbocycles. The second-order valence-corrected chi connectivity index (χ2v) is 5.33. The summed E-state index contributed by atoms with van der Waals surface area (Å²) in [5, 5.41) is 3.17. The third-order valence-electron chi connectivity index (χ3n) is 3.40. The average Bonchev–Trinajstić information content (AvgIpc) is 2.47. The number of nitrogens with zero attached hydrogens (tertiary/aromatic N) is 3. The Morgan fingerprint density at radius 2 is 1.90 bits per heavy atom. The first kappa shape index (κ1) is 15.6. The van der Waals surface area contributed by atoms with Crippen LogP contribution in [0.1, 0.15) is 23.0 Å². The van der Waals surface area contributed by atoms with Gasteiger partial charge in [-0.1, -0.05) is 11.6 Å². The van der Waals surface area contributed by atoms with Gasteiger partial charge in [0.15, 0.2) is 0 Å². The summed E-state index contributed by atoms with van der Waals surface area (Å²) in [4.78, 5) is 31.7. The molecule has 7 heteroatoms. The lowest BCUT2D eigenvalue weighted by molar-refractivity contribution is 0.0665. The number of halogens is 1. The number of rotatable bonds is 2. The predicted octanol–water partition coefficient (Wildman–Crippen LogP) is 1.53. The van der Waals surface area contributed by atoms with E-state index in [1.165, 1.54) is 6.20 Å². The highest BCUT2D eigenvalue weighted by Gasteiger charge is 2.25. The van der Waals surface area contributed by atoms with Crippen LogP contribution in [0.2, 0.25) is 5.02 Å². The van der Waals surface area contributed by atoms with Crippen molar-refractivity contribution in [2.75, 3.05) is 32.7 Å². The van der Waals surface area contributed by atoms with Gasteiger partial charge in [0.25, 0.3) is 5.91 Å². The minimum atomic E-state index is -0.136. The summed E-state index contributed by atoms with van der Waals surface area (Å²) in [6.07, 6.45) is 1.51. The number of pyridine rings is 1.